The molecule has 0 aromatic carbocycles. The van der Waals surface area contributed by atoms with E-state index in [1.54, 1.807) is 0 Å². The predicted octanol–water partition coefficient (Wildman–Crippen LogP) is 2.65. The van der Waals surface area contributed by atoms with E-state index in [2.05, 4.69) is 51.8 Å². The Balaban J connectivity index is 1.91. The normalized spacial score (nSPS) is 32.5. The fraction of sp³-hybridized carbons (Fsp3) is 1.00. The van der Waals surface area contributed by atoms with Gasteiger partial charge in [-0.3, -0.25) is 4.90 Å². The van der Waals surface area contributed by atoms with Crippen molar-refractivity contribution in [2.24, 2.45) is 5.92 Å². The molecule has 0 aromatic heterocycles. The summed E-state index contributed by atoms with van der Waals surface area (Å²) in [6, 6.07) is 0. The third kappa shape index (κ3) is 3.93. The highest BCUT2D eigenvalue weighted by Gasteiger charge is 2.47. The summed E-state index contributed by atoms with van der Waals surface area (Å²) in [5.74, 6) is 0.884. The Labute approximate surface area is 119 Å². The quantitative estimate of drug-likeness (QED) is 0.848. The van der Waals surface area contributed by atoms with E-state index in [9.17, 15) is 0 Å². The molecule has 1 saturated heterocycles. The number of piperazine rings is 1. The van der Waals surface area contributed by atoms with Crippen LogP contribution in [0, 0.1) is 5.92 Å². The largest absolute Gasteiger partial charge is 0.375 e. The summed E-state index contributed by atoms with van der Waals surface area (Å²) in [4.78, 5) is 2.62. The van der Waals surface area contributed by atoms with Gasteiger partial charge in [0.25, 0.3) is 0 Å². The third-order valence-electron chi connectivity index (χ3n) is 4.67. The molecule has 0 aromatic rings. The fourth-order valence-electron chi connectivity index (χ4n) is 3.03. The van der Waals surface area contributed by atoms with Gasteiger partial charge in [-0.05, 0) is 60.3 Å². The maximum absolute atomic E-state index is 5.91. The van der Waals surface area contributed by atoms with Crippen LogP contribution in [0.3, 0.4) is 0 Å². The highest BCUT2D eigenvalue weighted by atomic mass is 16.5. The number of ether oxygens (including phenoxy) is 1. The van der Waals surface area contributed by atoms with Crippen molar-refractivity contribution in [3.8, 4) is 0 Å². The third-order valence-corrected chi connectivity index (χ3v) is 4.67. The van der Waals surface area contributed by atoms with E-state index in [-0.39, 0.29) is 11.1 Å². The summed E-state index contributed by atoms with van der Waals surface area (Å²) >= 11 is 0. The molecule has 0 bridgehead atoms. The summed E-state index contributed by atoms with van der Waals surface area (Å²) in [7, 11) is 0. The van der Waals surface area contributed by atoms with Crippen LogP contribution in [-0.2, 0) is 4.74 Å². The Morgan fingerprint density at radius 2 is 1.84 bits per heavy atom. The van der Waals surface area contributed by atoms with E-state index in [0.29, 0.717) is 5.54 Å². The Hall–Kier alpha value is -0.120. The second-order valence-corrected chi connectivity index (χ2v) is 8.24. The molecule has 1 heterocycles. The molecule has 3 heteroatoms. The Kier molecular flexibility index (Phi) is 4.03. The molecule has 19 heavy (non-hydrogen) atoms. The van der Waals surface area contributed by atoms with Crippen molar-refractivity contribution in [3.05, 3.63) is 0 Å². The zero-order valence-corrected chi connectivity index (χ0v) is 13.7. The van der Waals surface area contributed by atoms with E-state index in [4.69, 9.17) is 4.74 Å². The van der Waals surface area contributed by atoms with Crippen LogP contribution < -0.4 is 5.32 Å². The number of hydrogen-bond donors (Lipinski definition) is 1. The first-order valence-corrected chi connectivity index (χ1v) is 7.76. The zero-order valence-electron chi connectivity index (χ0n) is 13.7. The van der Waals surface area contributed by atoms with Crippen molar-refractivity contribution >= 4 is 0 Å². The molecule has 2 aliphatic rings. The second kappa shape index (κ2) is 5.01. The SMILES string of the molecule is CC(C)(C)OCCN1CC(C)(C2CC2)NCC1(C)C. The predicted molar refractivity (Wildman–Crippen MR) is 80.5 cm³/mol. The maximum Gasteiger partial charge on any atom is 0.0600 e. The van der Waals surface area contributed by atoms with Gasteiger partial charge in [0.1, 0.15) is 0 Å². The highest BCUT2D eigenvalue weighted by molar-refractivity contribution is 5.06. The average Bonchev–Trinajstić information content (AvgIpc) is 3.06. The first-order valence-electron chi connectivity index (χ1n) is 7.76. The smallest absolute Gasteiger partial charge is 0.0600 e. The molecule has 1 N–H and O–H groups in total. The van der Waals surface area contributed by atoms with Crippen LogP contribution in [0.15, 0.2) is 0 Å². The standard InChI is InChI=1S/C16H32N2O/c1-14(2,3)19-10-9-18-12-16(6,13-7-8-13)17-11-15(18,4)5/h13,17H,7-12H2,1-6H3. The molecule has 1 aliphatic carbocycles. The van der Waals surface area contributed by atoms with E-state index >= 15 is 0 Å². The Bertz CT molecular complexity index is 317. The molecule has 1 atom stereocenters. The van der Waals surface area contributed by atoms with Crippen LogP contribution in [0.25, 0.3) is 0 Å². The molecule has 3 nitrogen and oxygen atoms in total. The molecule has 1 saturated carbocycles. The summed E-state index contributed by atoms with van der Waals surface area (Å²) in [5, 5.41) is 3.80. The molecule has 0 spiro atoms. The van der Waals surface area contributed by atoms with Gasteiger partial charge in [0.2, 0.25) is 0 Å². The number of rotatable bonds is 4. The minimum Gasteiger partial charge on any atom is -0.375 e. The van der Waals surface area contributed by atoms with Gasteiger partial charge >= 0.3 is 0 Å². The minimum atomic E-state index is -0.0298. The number of hydrogen-bond acceptors (Lipinski definition) is 3. The van der Waals surface area contributed by atoms with Gasteiger partial charge in [-0.2, -0.15) is 0 Å². The lowest BCUT2D eigenvalue weighted by Crippen LogP contribution is -2.68. The Morgan fingerprint density at radius 3 is 2.37 bits per heavy atom. The van der Waals surface area contributed by atoms with Gasteiger partial charge in [-0.15, -0.1) is 0 Å². The molecule has 0 radical (unpaired) electrons. The van der Waals surface area contributed by atoms with E-state index in [1.807, 2.05) is 0 Å². The fourth-order valence-corrected chi connectivity index (χ4v) is 3.03. The Morgan fingerprint density at radius 1 is 1.21 bits per heavy atom. The summed E-state index contributed by atoms with van der Waals surface area (Å²) in [5.41, 5.74) is 0.519. The van der Waals surface area contributed by atoms with Gasteiger partial charge < -0.3 is 10.1 Å². The van der Waals surface area contributed by atoms with E-state index in [1.165, 1.54) is 12.8 Å². The summed E-state index contributed by atoms with van der Waals surface area (Å²) in [6.45, 7) is 17.6. The topological polar surface area (TPSA) is 24.5 Å². The van der Waals surface area contributed by atoms with Gasteiger partial charge in [0.15, 0.2) is 0 Å². The van der Waals surface area contributed by atoms with Gasteiger partial charge in [0.05, 0.1) is 12.2 Å². The molecule has 1 aliphatic heterocycles. The molecule has 1 unspecified atom stereocenters. The molecular weight excluding hydrogens is 236 g/mol. The van der Waals surface area contributed by atoms with Crippen molar-refractivity contribution in [2.75, 3.05) is 26.2 Å². The van der Waals surface area contributed by atoms with Crippen LogP contribution in [0.5, 0.6) is 0 Å². The van der Waals surface area contributed by atoms with Crippen LogP contribution >= 0.6 is 0 Å². The van der Waals surface area contributed by atoms with E-state index < -0.39 is 0 Å². The number of nitrogens with zero attached hydrogens (tertiary/aromatic N) is 1. The lowest BCUT2D eigenvalue weighted by molar-refractivity contribution is -0.0428. The molecule has 0 amide bonds. The van der Waals surface area contributed by atoms with Crippen LogP contribution in [0.2, 0.25) is 0 Å². The van der Waals surface area contributed by atoms with Gasteiger partial charge in [0, 0.05) is 30.7 Å². The van der Waals surface area contributed by atoms with Crippen molar-refractivity contribution in [3.63, 3.8) is 0 Å². The van der Waals surface area contributed by atoms with Crippen molar-refractivity contribution in [1.82, 2.24) is 10.2 Å². The van der Waals surface area contributed by atoms with Crippen molar-refractivity contribution in [1.29, 1.82) is 0 Å². The second-order valence-electron chi connectivity index (χ2n) is 8.24. The first-order chi connectivity index (χ1) is 8.62. The lowest BCUT2D eigenvalue weighted by Gasteiger charge is -2.51. The lowest BCUT2D eigenvalue weighted by atomic mass is 9.86. The van der Waals surface area contributed by atoms with Gasteiger partial charge in [-0.25, -0.2) is 0 Å². The monoisotopic (exact) mass is 268 g/mol. The molecular formula is C16H32N2O. The summed E-state index contributed by atoms with van der Waals surface area (Å²) in [6.07, 6.45) is 2.80. The first kappa shape index (κ1) is 15.3. The van der Waals surface area contributed by atoms with Crippen LogP contribution in [0.1, 0.15) is 54.4 Å². The van der Waals surface area contributed by atoms with Gasteiger partial charge in [-0.1, -0.05) is 0 Å². The zero-order chi connectivity index (χ0) is 14.3. The molecule has 112 valence electrons. The molecule has 2 fully saturated rings. The van der Waals surface area contributed by atoms with Crippen molar-refractivity contribution in [2.45, 2.75) is 71.1 Å². The van der Waals surface area contributed by atoms with E-state index in [0.717, 1.165) is 32.2 Å². The van der Waals surface area contributed by atoms with Crippen LogP contribution in [-0.4, -0.2) is 47.8 Å². The molecule has 2 rings (SSSR count). The van der Waals surface area contributed by atoms with Crippen molar-refractivity contribution < 1.29 is 4.74 Å². The summed E-state index contributed by atoms with van der Waals surface area (Å²) < 4.78 is 5.91. The maximum atomic E-state index is 5.91. The number of nitrogens with one attached hydrogen (secondary N) is 1. The van der Waals surface area contributed by atoms with Crippen LogP contribution in [0.4, 0.5) is 0 Å². The average molecular weight is 268 g/mol. The highest BCUT2D eigenvalue weighted by Crippen LogP contribution is 2.42. The minimum absolute atomic E-state index is 0.0298.